The highest BCUT2D eigenvalue weighted by Gasteiger charge is 2.32. The predicted octanol–water partition coefficient (Wildman–Crippen LogP) is 4.99. The molecule has 20 heavy (non-hydrogen) atoms. The number of hydrogen-bond acceptors (Lipinski definition) is 2. The maximum Gasteiger partial charge on any atom is 0.0589 e. The van der Waals surface area contributed by atoms with E-state index in [1.165, 1.54) is 32.1 Å². The molecule has 1 aliphatic carbocycles. The Kier molecular flexibility index (Phi) is 6.31. The summed E-state index contributed by atoms with van der Waals surface area (Å²) in [4.78, 5) is 4.58. The number of rotatable bonds is 6. The largest absolute Gasteiger partial charge is 0.308 e. The van der Waals surface area contributed by atoms with E-state index in [1.807, 2.05) is 6.07 Å². The van der Waals surface area contributed by atoms with Crippen molar-refractivity contribution in [3.05, 3.63) is 29.0 Å². The SMILES string of the molecule is CCCNC(c1ccc(Cl)cn1)C1CCCCC1CC. The van der Waals surface area contributed by atoms with E-state index in [2.05, 4.69) is 30.2 Å². The molecule has 1 aromatic rings. The molecule has 3 unspecified atom stereocenters. The average molecular weight is 295 g/mol. The van der Waals surface area contributed by atoms with Crippen LogP contribution in [0.5, 0.6) is 0 Å². The van der Waals surface area contributed by atoms with Crippen molar-refractivity contribution in [1.29, 1.82) is 0 Å². The topological polar surface area (TPSA) is 24.9 Å². The van der Waals surface area contributed by atoms with Crippen LogP contribution in [0.1, 0.15) is 64.1 Å². The molecule has 1 aliphatic rings. The van der Waals surface area contributed by atoms with E-state index in [0.717, 1.165) is 29.6 Å². The number of hydrogen-bond donors (Lipinski definition) is 1. The Morgan fingerprint density at radius 2 is 2.10 bits per heavy atom. The molecule has 0 radical (unpaired) electrons. The molecule has 3 heteroatoms. The molecule has 112 valence electrons. The molecule has 2 nitrogen and oxygen atoms in total. The van der Waals surface area contributed by atoms with E-state index in [1.54, 1.807) is 6.20 Å². The minimum absolute atomic E-state index is 0.387. The summed E-state index contributed by atoms with van der Waals surface area (Å²) >= 11 is 5.98. The second-order valence-electron chi connectivity index (χ2n) is 5.95. The Bertz CT molecular complexity index is 390. The molecule has 0 amide bonds. The Hall–Kier alpha value is -0.600. The highest BCUT2D eigenvalue weighted by Crippen LogP contribution is 2.39. The van der Waals surface area contributed by atoms with E-state index < -0.39 is 0 Å². The van der Waals surface area contributed by atoms with E-state index in [-0.39, 0.29) is 0 Å². The summed E-state index contributed by atoms with van der Waals surface area (Å²) in [6.07, 6.45) is 9.67. The van der Waals surface area contributed by atoms with Gasteiger partial charge in [-0.1, -0.05) is 51.1 Å². The lowest BCUT2D eigenvalue weighted by molar-refractivity contribution is 0.173. The third kappa shape index (κ3) is 3.95. The van der Waals surface area contributed by atoms with Gasteiger partial charge in [-0.2, -0.15) is 0 Å². The van der Waals surface area contributed by atoms with Crippen LogP contribution in [0.4, 0.5) is 0 Å². The van der Waals surface area contributed by atoms with Crippen molar-refractivity contribution in [2.45, 2.75) is 58.4 Å². The highest BCUT2D eigenvalue weighted by molar-refractivity contribution is 6.30. The molecule has 2 rings (SSSR count). The summed E-state index contributed by atoms with van der Waals surface area (Å²) in [6, 6.07) is 4.45. The van der Waals surface area contributed by atoms with Crippen LogP contribution in [0.15, 0.2) is 18.3 Å². The molecular formula is C17H27ClN2. The van der Waals surface area contributed by atoms with Crippen molar-refractivity contribution >= 4 is 11.6 Å². The van der Waals surface area contributed by atoms with Gasteiger partial charge in [-0.25, -0.2) is 0 Å². The van der Waals surface area contributed by atoms with Crippen LogP contribution in [0.2, 0.25) is 5.02 Å². The van der Waals surface area contributed by atoms with Gasteiger partial charge in [-0.3, -0.25) is 4.98 Å². The van der Waals surface area contributed by atoms with Crippen molar-refractivity contribution in [2.24, 2.45) is 11.8 Å². The third-order valence-corrected chi connectivity index (χ3v) is 4.83. The molecule has 0 bridgehead atoms. The van der Waals surface area contributed by atoms with Gasteiger partial charge in [0.2, 0.25) is 0 Å². The van der Waals surface area contributed by atoms with Gasteiger partial charge >= 0.3 is 0 Å². The summed E-state index contributed by atoms with van der Waals surface area (Å²) in [5.74, 6) is 1.55. The third-order valence-electron chi connectivity index (χ3n) is 4.60. The van der Waals surface area contributed by atoms with E-state index in [4.69, 9.17) is 11.6 Å². The molecule has 0 aromatic carbocycles. The summed E-state index contributed by atoms with van der Waals surface area (Å²) in [7, 11) is 0. The first kappa shape index (κ1) is 15.8. The molecule has 3 atom stereocenters. The smallest absolute Gasteiger partial charge is 0.0589 e. The van der Waals surface area contributed by atoms with Gasteiger partial charge in [0.25, 0.3) is 0 Å². The second kappa shape index (κ2) is 7.99. The standard InChI is InChI=1S/C17H27ClN2/c1-3-11-19-17(16-10-9-14(18)12-20-16)15-8-6-5-7-13(15)4-2/h9-10,12-13,15,17,19H,3-8,11H2,1-2H3. The van der Waals surface area contributed by atoms with Gasteiger partial charge < -0.3 is 5.32 Å². The lowest BCUT2D eigenvalue weighted by Gasteiger charge is -2.37. The second-order valence-corrected chi connectivity index (χ2v) is 6.39. The average Bonchev–Trinajstić information content (AvgIpc) is 2.50. The highest BCUT2D eigenvalue weighted by atomic mass is 35.5. The summed E-state index contributed by atoms with van der Waals surface area (Å²) in [5.41, 5.74) is 1.16. The van der Waals surface area contributed by atoms with Crippen LogP contribution in [0.25, 0.3) is 0 Å². The molecule has 1 saturated carbocycles. The molecule has 0 spiro atoms. The van der Waals surface area contributed by atoms with E-state index in [9.17, 15) is 0 Å². The first-order chi connectivity index (χ1) is 9.76. The van der Waals surface area contributed by atoms with Gasteiger partial charge in [0.15, 0.2) is 0 Å². The van der Waals surface area contributed by atoms with Crippen LogP contribution >= 0.6 is 11.6 Å². The Morgan fingerprint density at radius 3 is 2.75 bits per heavy atom. The number of pyridine rings is 1. The first-order valence-corrected chi connectivity index (χ1v) is 8.48. The predicted molar refractivity (Wildman–Crippen MR) is 86.0 cm³/mol. The number of halogens is 1. The fourth-order valence-corrected chi connectivity index (χ4v) is 3.64. The summed E-state index contributed by atoms with van der Waals surface area (Å²) in [5, 5.41) is 4.45. The van der Waals surface area contributed by atoms with Crippen molar-refractivity contribution in [2.75, 3.05) is 6.54 Å². The van der Waals surface area contributed by atoms with Crippen LogP contribution in [0, 0.1) is 11.8 Å². The summed E-state index contributed by atoms with van der Waals surface area (Å²) in [6.45, 7) is 5.61. The lowest BCUT2D eigenvalue weighted by atomic mass is 9.73. The maximum absolute atomic E-state index is 5.98. The quantitative estimate of drug-likeness (QED) is 0.799. The molecule has 1 heterocycles. The van der Waals surface area contributed by atoms with Gasteiger partial charge in [0.1, 0.15) is 0 Å². The first-order valence-electron chi connectivity index (χ1n) is 8.11. The Labute approximate surface area is 128 Å². The van der Waals surface area contributed by atoms with Gasteiger partial charge in [-0.05, 0) is 43.4 Å². The molecule has 0 saturated heterocycles. The van der Waals surface area contributed by atoms with Gasteiger partial charge in [0, 0.05) is 6.20 Å². The maximum atomic E-state index is 5.98. The minimum atomic E-state index is 0.387. The minimum Gasteiger partial charge on any atom is -0.308 e. The van der Waals surface area contributed by atoms with Crippen molar-refractivity contribution < 1.29 is 0 Å². The number of aromatic nitrogens is 1. The Morgan fingerprint density at radius 1 is 1.30 bits per heavy atom. The van der Waals surface area contributed by atoms with Crippen LogP contribution in [-0.4, -0.2) is 11.5 Å². The van der Waals surface area contributed by atoms with E-state index in [0.29, 0.717) is 12.0 Å². The monoisotopic (exact) mass is 294 g/mol. The van der Waals surface area contributed by atoms with Gasteiger partial charge in [-0.15, -0.1) is 0 Å². The van der Waals surface area contributed by atoms with Gasteiger partial charge in [0.05, 0.1) is 16.8 Å². The van der Waals surface area contributed by atoms with Crippen molar-refractivity contribution in [1.82, 2.24) is 10.3 Å². The Balaban J connectivity index is 2.18. The van der Waals surface area contributed by atoms with Crippen molar-refractivity contribution in [3.63, 3.8) is 0 Å². The zero-order valence-electron chi connectivity index (χ0n) is 12.7. The molecule has 0 aliphatic heterocycles. The zero-order valence-corrected chi connectivity index (χ0v) is 13.5. The zero-order chi connectivity index (χ0) is 14.4. The molecular weight excluding hydrogens is 268 g/mol. The fourth-order valence-electron chi connectivity index (χ4n) is 3.53. The summed E-state index contributed by atoms with van der Waals surface area (Å²) < 4.78 is 0. The number of nitrogens with zero attached hydrogens (tertiary/aromatic N) is 1. The lowest BCUT2D eigenvalue weighted by Crippen LogP contribution is -2.35. The molecule has 1 aromatic heterocycles. The van der Waals surface area contributed by atoms with Crippen molar-refractivity contribution in [3.8, 4) is 0 Å². The molecule has 1 fully saturated rings. The van der Waals surface area contributed by atoms with Crippen LogP contribution in [-0.2, 0) is 0 Å². The number of nitrogens with one attached hydrogen (secondary N) is 1. The normalized spacial score (nSPS) is 24.6. The fraction of sp³-hybridized carbons (Fsp3) is 0.706. The van der Waals surface area contributed by atoms with Crippen LogP contribution in [0.3, 0.4) is 0 Å². The van der Waals surface area contributed by atoms with Crippen LogP contribution < -0.4 is 5.32 Å². The molecule has 1 N–H and O–H groups in total. The van der Waals surface area contributed by atoms with E-state index >= 15 is 0 Å².